The van der Waals surface area contributed by atoms with Gasteiger partial charge in [-0.05, 0) is 29.7 Å². The lowest BCUT2D eigenvalue weighted by Crippen LogP contribution is -2.54. The number of hydrogen-bond acceptors (Lipinski definition) is 2. The number of piperidine rings is 1. The van der Waals surface area contributed by atoms with Crippen LogP contribution in [0.5, 0.6) is 0 Å². The number of amides is 1. The predicted octanol–water partition coefficient (Wildman–Crippen LogP) is 3.16. The van der Waals surface area contributed by atoms with Crippen LogP contribution < -0.4 is 5.73 Å². The second-order valence-corrected chi connectivity index (χ2v) is 6.92. The smallest absolute Gasteiger partial charge is 0.223 e. The summed E-state index contributed by atoms with van der Waals surface area (Å²) in [6.45, 7) is 8.05. The molecule has 1 saturated heterocycles. The van der Waals surface area contributed by atoms with Crippen LogP contribution in [0.2, 0.25) is 0 Å². The Kier molecular flexibility index (Phi) is 5.04. The molecule has 1 heterocycles. The molecule has 1 fully saturated rings. The third-order valence-electron chi connectivity index (χ3n) is 4.85. The van der Waals surface area contributed by atoms with Crippen LogP contribution in [0.3, 0.4) is 0 Å². The molecule has 2 N–H and O–H groups in total. The summed E-state index contributed by atoms with van der Waals surface area (Å²) in [7, 11) is 0. The highest BCUT2D eigenvalue weighted by Crippen LogP contribution is 2.30. The van der Waals surface area contributed by atoms with Crippen molar-refractivity contribution in [3.63, 3.8) is 0 Å². The first-order valence-corrected chi connectivity index (χ1v) is 8.02. The first-order valence-electron chi connectivity index (χ1n) is 8.02. The average molecular weight is 288 g/mol. The fraction of sp³-hybridized carbons (Fsp3) is 0.611. The lowest BCUT2D eigenvalue weighted by atomic mass is 9.79. The normalized spacial score (nSPS) is 22.9. The Bertz CT molecular complexity index is 469. The van der Waals surface area contributed by atoms with E-state index in [4.69, 9.17) is 5.73 Å². The molecule has 0 saturated carbocycles. The SMILES string of the molecule is CCC(CC(=O)N1CCC(N)C(C)(C)C1)c1ccccc1. The molecule has 0 aliphatic carbocycles. The van der Waals surface area contributed by atoms with Crippen LogP contribution in [-0.2, 0) is 4.79 Å². The van der Waals surface area contributed by atoms with Crippen molar-refractivity contribution < 1.29 is 4.79 Å². The highest BCUT2D eigenvalue weighted by Gasteiger charge is 2.35. The van der Waals surface area contributed by atoms with Crippen LogP contribution in [0.15, 0.2) is 30.3 Å². The number of carbonyl (C=O) groups is 1. The van der Waals surface area contributed by atoms with Crippen LogP contribution in [0.25, 0.3) is 0 Å². The van der Waals surface area contributed by atoms with Gasteiger partial charge in [-0.15, -0.1) is 0 Å². The lowest BCUT2D eigenvalue weighted by molar-refractivity contribution is -0.135. The van der Waals surface area contributed by atoms with Crippen molar-refractivity contribution in [2.24, 2.45) is 11.1 Å². The molecule has 3 nitrogen and oxygen atoms in total. The fourth-order valence-electron chi connectivity index (χ4n) is 3.15. The standard InChI is InChI=1S/C18H28N2O/c1-4-14(15-8-6-5-7-9-15)12-17(21)20-11-10-16(19)18(2,3)13-20/h5-9,14,16H,4,10-13,19H2,1-3H3. The maximum absolute atomic E-state index is 12.6. The van der Waals surface area contributed by atoms with Crippen molar-refractivity contribution >= 4 is 5.91 Å². The van der Waals surface area contributed by atoms with Crippen LogP contribution in [0.4, 0.5) is 0 Å². The highest BCUT2D eigenvalue weighted by molar-refractivity contribution is 5.77. The molecule has 1 aliphatic rings. The minimum Gasteiger partial charge on any atom is -0.342 e. The van der Waals surface area contributed by atoms with Gasteiger partial charge in [0, 0.05) is 25.6 Å². The van der Waals surface area contributed by atoms with E-state index >= 15 is 0 Å². The molecule has 1 amide bonds. The maximum Gasteiger partial charge on any atom is 0.223 e. The first-order chi connectivity index (χ1) is 9.94. The van der Waals surface area contributed by atoms with E-state index < -0.39 is 0 Å². The Morgan fingerprint density at radius 1 is 1.38 bits per heavy atom. The van der Waals surface area contributed by atoms with E-state index in [-0.39, 0.29) is 17.4 Å². The van der Waals surface area contributed by atoms with Gasteiger partial charge in [-0.3, -0.25) is 4.79 Å². The second-order valence-electron chi connectivity index (χ2n) is 6.92. The quantitative estimate of drug-likeness (QED) is 0.925. The maximum atomic E-state index is 12.6. The molecular formula is C18H28N2O. The molecular weight excluding hydrogens is 260 g/mol. The van der Waals surface area contributed by atoms with E-state index in [1.807, 2.05) is 23.1 Å². The molecule has 0 radical (unpaired) electrons. The molecule has 2 rings (SSSR count). The molecule has 0 aromatic heterocycles. The fourth-order valence-corrected chi connectivity index (χ4v) is 3.15. The predicted molar refractivity (Wildman–Crippen MR) is 87.0 cm³/mol. The Balaban J connectivity index is 2.00. The molecule has 1 aromatic rings. The summed E-state index contributed by atoms with van der Waals surface area (Å²) < 4.78 is 0. The summed E-state index contributed by atoms with van der Waals surface area (Å²) in [4.78, 5) is 14.6. The van der Waals surface area contributed by atoms with Gasteiger partial charge in [0.1, 0.15) is 0 Å². The van der Waals surface area contributed by atoms with Gasteiger partial charge in [-0.1, -0.05) is 51.1 Å². The zero-order chi connectivity index (χ0) is 15.5. The summed E-state index contributed by atoms with van der Waals surface area (Å²) >= 11 is 0. The van der Waals surface area contributed by atoms with Crippen molar-refractivity contribution in [2.45, 2.75) is 52.0 Å². The summed E-state index contributed by atoms with van der Waals surface area (Å²) in [6.07, 6.45) is 2.50. The Morgan fingerprint density at radius 2 is 2.05 bits per heavy atom. The van der Waals surface area contributed by atoms with Crippen LogP contribution in [-0.4, -0.2) is 29.9 Å². The number of hydrogen-bond donors (Lipinski definition) is 1. The first kappa shape index (κ1) is 16.0. The van der Waals surface area contributed by atoms with Gasteiger partial charge in [0.05, 0.1) is 0 Å². The van der Waals surface area contributed by atoms with E-state index in [9.17, 15) is 4.79 Å². The number of rotatable bonds is 4. The minimum absolute atomic E-state index is 0.0162. The van der Waals surface area contributed by atoms with Gasteiger partial charge in [0.15, 0.2) is 0 Å². The van der Waals surface area contributed by atoms with Gasteiger partial charge >= 0.3 is 0 Å². The van der Waals surface area contributed by atoms with E-state index in [1.165, 1.54) is 5.56 Å². The van der Waals surface area contributed by atoms with Crippen molar-refractivity contribution in [1.29, 1.82) is 0 Å². The monoisotopic (exact) mass is 288 g/mol. The molecule has 3 heteroatoms. The van der Waals surface area contributed by atoms with Gasteiger partial charge < -0.3 is 10.6 Å². The molecule has 1 aromatic carbocycles. The molecule has 0 spiro atoms. The summed E-state index contributed by atoms with van der Waals surface area (Å²) in [5, 5.41) is 0. The average Bonchev–Trinajstić information content (AvgIpc) is 2.48. The third-order valence-corrected chi connectivity index (χ3v) is 4.85. The number of benzene rings is 1. The topological polar surface area (TPSA) is 46.3 Å². The number of carbonyl (C=O) groups excluding carboxylic acids is 1. The molecule has 1 aliphatic heterocycles. The largest absolute Gasteiger partial charge is 0.342 e. The molecule has 0 bridgehead atoms. The zero-order valence-electron chi connectivity index (χ0n) is 13.5. The van der Waals surface area contributed by atoms with E-state index in [1.54, 1.807) is 0 Å². The summed E-state index contributed by atoms with van der Waals surface area (Å²) in [5.74, 6) is 0.586. The van der Waals surface area contributed by atoms with Gasteiger partial charge in [0.25, 0.3) is 0 Å². The van der Waals surface area contributed by atoms with E-state index in [2.05, 4.69) is 32.9 Å². The van der Waals surface area contributed by atoms with Gasteiger partial charge in [-0.2, -0.15) is 0 Å². The Morgan fingerprint density at radius 3 is 2.62 bits per heavy atom. The summed E-state index contributed by atoms with van der Waals surface area (Å²) in [5.41, 5.74) is 7.44. The second kappa shape index (κ2) is 6.61. The molecule has 116 valence electrons. The van der Waals surface area contributed by atoms with Crippen molar-refractivity contribution in [3.8, 4) is 0 Å². The van der Waals surface area contributed by atoms with Crippen LogP contribution in [0.1, 0.15) is 51.5 Å². The van der Waals surface area contributed by atoms with Crippen molar-refractivity contribution in [1.82, 2.24) is 4.90 Å². The number of likely N-dealkylation sites (tertiary alicyclic amines) is 1. The zero-order valence-corrected chi connectivity index (χ0v) is 13.5. The molecule has 2 unspecified atom stereocenters. The summed E-state index contributed by atoms with van der Waals surface area (Å²) in [6, 6.07) is 10.6. The third kappa shape index (κ3) is 3.85. The lowest BCUT2D eigenvalue weighted by Gasteiger charge is -2.43. The number of nitrogens with zero attached hydrogens (tertiary/aromatic N) is 1. The Labute approximate surface area is 128 Å². The minimum atomic E-state index is 0.0162. The van der Waals surface area contributed by atoms with Crippen molar-refractivity contribution in [2.75, 3.05) is 13.1 Å². The molecule has 21 heavy (non-hydrogen) atoms. The van der Waals surface area contributed by atoms with Gasteiger partial charge in [-0.25, -0.2) is 0 Å². The van der Waals surface area contributed by atoms with E-state index in [0.29, 0.717) is 12.3 Å². The number of nitrogens with two attached hydrogens (primary N) is 1. The molecule has 2 atom stereocenters. The van der Waals surface area contributed by atoms with Gasteiger partial charge in [0.2, 0.25) is 5.91 Å². The van der Waals surface area contributed by atoms with Crippen molar-refractivity contribution in [3.05, 3.63) is 35.9 Å². The highest BCUT2D eigenvalue weighted by atomic mass is 16.2. The van der Waals surface area contributed by atoms with E-state index in [0.717, 1.165) is 25.9 Å². The Hall–Kier alpha value is -1.35. The van der Waals surface area contributed by atoms with Crippen LogP contribution >= 0.6 is 0 Å². The van der Waals surface area contributed by atoms with Crippen LogP contribution in [0, 0.1) is 5.41 Å².